The third-order valence-electron chi connectivity index (χ3n) is 6.49. The lowest BCUT2D eigenvalue weighted by molar-refractivity contribution is -0.385. The Bertz CT molecular complexity index is 1380. The quantitative estimate of drug-likeness (QED) is 0.269. The Morgan fingerprint density at radius 1 is 0.838 bits per heavy atom. The van der Waals surface area contributed by atoms with E-state index in [0.29, 0.717) is 17.1 Å². The minimum atomic E-state index is -1.20. The van der Waals surface area contributed by atoms with Gasteiger partial charge in [-0.05, 0) is 30.3 Å². The number of anilines is 2. The van der Waals surface area contributed by atoms with Crippen molar-refractivity contribution in [1.29, 1.82) is 0 Å². The molecular weight excluding hydrogens is 482 g/mol. The van der Waals surface area contributed by atoms with Crippen molar-refractivity contribution in [2.75, 3.05) is 31.3 Å². The van der Waals surface area contributed by atoms with Crippen LogP contribution in [-0.4, -0.2) is 44.2 Å². The van der Waals surface area contributed by atoms with E-state index in [1.165, 1.54) is 38.5 Å². The summed E-state index contributed by atoms with van der Waals surface area (Å²) in [7, 11) is 4.26. The number of rotatable bonds is 7. The normalized spacial score (nSPS) is 20.7. The van der Waals surface area contributed by atoms with Crippen LogP contribution in [0.25, 0.3) is 0 Å². The maximum absolute atomic E-state index is 13.8. The first-order valence-electron chi connectivity index (χ1n) is 11.3. The molecule has 0 bridgehead atoms. The van der Waals surface area contributed by atoms with E-state index in [4.69, 9.17) is 19.0 Å². The van der Waals surface area contributed by atoms with Crippen molar-refractivity contribution in [3.63, 3.8) is 0 Å². The van der Waals surface area contributed by atoms with Gasteiger partial charge >= 0.3 is 0 Å². The Kier molecular flexibility index (Phi) is 6.14. The molecule has 0 unspecified atom stereocenters. The van der Waals surface area contributed by atoms with Gasteiger partial charge in [-0.3, -0.25) is 24.5 Å². The highest BCUT2D eigenvalue weighted by Gasteiger charge is 2.61. The Labute approximate surface area is 211 Å². The number of methoxy groups -OCH3 is 3. The average Bonchev–Trinajstić information content (AvgIpc) is 3.43. The van der Waals surface area contributed by atoms with Crippen LogP contribution >= 0.6 is 0 Å². The fourth-order valence-electron chi connectivity index (χ4n) is 4.81. The molecule has 0 saturated carbocycles. The fraction of sp³-hybridized carbons (Fsp3) is 0.231. The number of ether oxygens (including phenoxy) is 3. The number of hydrogen-bond acceptors (Lipinski definition) is 9. The summed E-state index contributed by atoms with van der Waals surface area (Å²) < 4.78 is 15.9. The van der Waals surface area contributed by atoms with Crippen molar-refractivity contribution < 1.29 is 33.6 Å². The van der Waals surface area contributed by atoms with E-state index in [9.17, 15) is 19.7 Å². The number of nitrogens with zero attached hydrogens (tertiary/aromatic N) is 3. The van der Waals surface area contributed by atoms with E-state index in [2.05, 4.69) is 0 Å². The van der Waals surface area contributed by atoms with Crippen LogP contribution in [0.4, 0.5) is 17.1 Å². The molecule has 2 amide bonds. The van der Waals surface area contributed by atoms with Gasteiger partial charge in [0.1, 0.15) is 17.7 Å². The zero-order valence-corrected chi connectivity index (χ0v) is 20.2. The molecule has 3 aromatic carbocycles. The number of carbonyl (C=O) groups excluding carboxylic acids is 2. The lowest BCUT2D eigenvalue weighted by atomic mass is 9.89. The second-order valence-electron chi connectivity index (χ2n) is 8.39. The molecule has 3 aromatic rings. The van der Waals surface area contributed by atoms with Crippen molar-refractivity contribution in [2.24, 2.45) is 5.92 Å². The molecule has 2 heterocycles. The minimum Gasteiger partial charge on any atom is -0.497 e. The molecule has 0 radical (unpaired) electrons. The average molecular weight is 505 g/mol. The summed E-state index contributed by atoms with van der Waals surface area (Å²) in [6, 6.07) is 17.0. The van der Waals surface area contributed by atoms with Gasteiger partial charge in [0.15, 0.2) is 17.6 Å². The molecule has 0 N–H and O–H groups in total. The highest BCUT2D eigenvalue weighted by Crippen LogP contribution is 2.51. The Morgan fingerprint density at radius 2 is 1.51 bits per heavy atom. The summed E-state index contributed by atoms with van der Waals surface area (Å²) >= 11 is 0. The molecule has 2 saturated heterocycles. The third-order valence-corrected chi connectivity index (χ3v) is 6.49. The van der Waals surface area contributed by atoms with Gasteiger partial charge in [-0.15, -0.1) is 0 Å². The standard InChI is InChI=1S/C26H23N3O8/c1-34-17-11-7-10-16(12-17)27-25(30)22-23(18-13-20(35-2)21(36-3)14-19(18)29(32)33)28(37-24(22)26(27)31)15-8-5-4-6-9-15/h4-14,22-24H,1-3H3/t22-,23-,24+/m0/s1. The number of carbonyl (C=O) groups is 2. The molecule has 37 heavy (non-hydrogen) atoms. The zero-order chi connectivity index (χ0) is 26.3. The second kappa shape index (κ2) is 9.43. The van der Waals surface area contributed by atoms with Crippen LogP contribution in [0.3, 0.4) is 0 Å². The molecule has 0 aromatic heterocycles. The fourth-order valence-corrected chi connectivity index (χ4v) is 4.81. The third kappa shape index (κ3) is 3.89. The first kappa shape index (κ1) is 24.1. The van der Waals surface area contributed by atoms with E-state index >= 15 is 0 Å². The van der Waals surface area contributed by atoms with Crippen LogP contribution in [0.5, 0.6) is 17.2 Å². The number of imide groups is 1. The topological polar surface area (TPSA) is 121 Å². The van der Waals surface area contributed by atoms with Crippen molar-refractivity contribution >= 4 is 28.9 Å². The second-order valence-corrected chi connectivity index (χ2v) is 8.39. The summed E-state index contributed by atoms with van der Waals surface area (Å²) in [5, 5.41) is 13.5. The maximum atomic E-state index is 13.8. The van der Waals surface area contributed by atoms with Gasteiger partial charge in [0.25, 0.3) is 11.6 Å². The van der Waals surface area contributed by atoms with Crippen LogP contribution < -0.4 is 24.2 Å². The van der Waals surface area contributed by atoms with E-state index in [1.54, 1.807) is 54.6 Å². The zero-order valence-electron chi connectivity index (χ0n) is 20.2. The minimum absolute atomic E-state index is 0.146. The van der Waals surface area contributed by atoms with E-state index < -0.39 is 34.8 Å². The van der Waals surface area contributed by atoms with Crippen molar-refractivity contribution in [3.8, 4) is 17.2 Å². The van der Waals surface area contributed by atoms with E-state index in [1.807, 2.05) is 0 Å². The molecule has 11 heteroatoms. The first-order valence-corrected chi connectivity index (χ1v) is 11.3. The van der Waals surface area contributed by atoms with Crippen LogP contribution in [0.2, 0.25) is 0 Å². The van der Waals surface area contributed by atoms with Gasteiger partial charge in [-0.1, -0.05) is 24.3 Å². The number of hydrogen-bond donors (Lipinski definition) is 0. The molecule has 3 atom stereocenters. The molecular formula is C26H23N3O8. The van der Waals surface area contributed by atoms with Crippen molar-refractivity contribution in [3.05, 3.63) is 82.4 Å². The molecule has 2 aliphatic rings. The SMILES string of the molecule is COc1cccc(N2C(=O)[C@@H]3[C@@H](ON(c4ccccc4)[C@H]3c3cc(OC)c(OC)cc3[N+](=O)[O-])C2=O)c1. The number of amides is 2. The van der Waals surface area contributed by atoms with Crippen LogP contribution in [0, 0.1) is 16.0 Å². The Balaban J connectivity index is 1.68. The van der Waals surface area contributed by atoms with Crippen LogP contribution in [0.15, 0.2) is 66.7 Å². The molecule has 2 fully saturated rings. The smallest absolute Gasteiger partial charge is 0.278 e. The Hall–Kier alpha value is -4.64. The summed E-state index contributed by atoms with van der Waals surface area (Å²) in [5.74, 6) is -1.33. The molecule has 0 aliphatic carbocycles. The lowest BCUT2D eigenvalue weighted by Gasteiger charge is -2.29. The van der Waals surface area contributed by atoms with Gasteiger partial charge < -0.3 is 14.2 Å². The first-order chi connectivity index (χ1) is 17.9. The van der Waals surface area contributed by atoms with E-state index in [0.717, 1.165) is 4.90 Å². The summed E-state index contributed by atoms with van der Waals surface area (Å²) in [4.78, 5) is 46.1. The number of nitro groups is 1. The van der Waals surface area contributed by atoms with Gasteiger partial charge in [-0.2, -0.15) is 0 Å². The number of fused-ring (bicyclic) bond motifs is 1. The Morgan fingerprint density at radius 3 is 2.16 bits per heavy atom. The number of nitro benzene ring substituents is 1. The highest BCUT2D eigenvalue weighted by molar-refractivity contribution is 6.24. The van der Waals surface area contributed by atoms with Crippen LogP contribution in [-0.2, 0) is 14.4 Å². The molecule has 0 spiro atoms. The van der Waals surface area contributed by atoms with E-state index in [-0.39, 0.29) is 22.7 Å². The summed E-state index contributed by atoms with van der Waals surface area (Å²) in [6.07, 6.45) is -1.20. The molecule has 2 aliphatic heterocycles. The van der Waals surface area contributed by atoms with Gasteiger partial charge in [0.2, 0.25) is 5.91 Å². The molecule has 5 rings (SSSR count). The van der Waals surface area contributed by atoms with Gasteiger partial charge in [0.05, 0.1) is 49.3 Å². The van der Waals surface area contributed by atoms with Gasteiger partial charge in [-0.25, -0.2) is 9.96 Å². The largest absolute Gasteiger partial charge is 0.497 e. The van der Waals surface area contributed by atoms with Crippen LogP contribution in [0.1, 0.15) is 11.6 Å². The molecule has 190 valence electrons. The number of hydroxylamine groups is 1. The highest BCUT2D eigenvalue weighted by atomic mass is 16.7. The predicted octanol–water partition coefficient (Wildman–Crippen LogP) is 3.67. The summed E-state index contributed by atoms with van der Waals surface area (Å²) in [5.41, 5.74) is 0.694. The monoisotopic (exact) mass is 505 g/mol. The summed E-state index contributed by atoms with van der Waals surface area (Å²) in [6.45, 7) is 0. The lowest BCUT2D eigenvalue weighted by Crippen LogP contribution is -2.37. The molecule has 11 nitrogen and oxygen atoms in total. The van der Waals surface area contributed by atoms with Gasteiger partial charge in [0, 0.05) is 6.07 Å². The van der Waals surface area contributed by atoms with Crippen molar-refractivity contribution in [2.45, 2.75) is 12.1 Å². The number of benzene rings is 3. The van der Waals surface area contributed by atoms with Crippen molar-refractivity contribution in [1.82, 2.24) is 0 Å². The maximum Gasteiger partial charge on any atom is 0.278 e. The predicted molar refractivity (Wildman–Crippen MR) is 132 cm³/mol. The number of para-hydroxylation sites is 1.